The molecule has 4 aromatic rings. The van der Waals surface area contributed by atoms with E-state index in [1.165, 1.54) is 17.8 Å². The maximum absolute atomic E-state index is 12.1. The molecule has 0 saturated carbocycles. The van der Waals surface area contributed by atoms with E-state index in [4.69, 9.17) is 14.2 Å². The zero-order valence-corrected chi connectivity index (χ0v) is 23.3. The molecule has 5 rings (SSSR count). The van der Waals surface area contributed by atoms with Gasteiger partial charge in [0.1, 0.15) is 6.61 Å². The summed E-state index contributed by atoms with van der Waals surface area (Å²) in [6.45, 7) is 5.74. The molecule has 1 aliphatic heterocycles. The largest absolute Gasteiger partial charge is 0.445 e. The fraction of sp³-hybridized carbons (Fsp3) is 0.267. The second-order valence-electron chi connectivity index (χ2n) is 9.48. The highest BCUT2D eigenvalue weighted by atomic mass is 32.2. The van der Waals surface area contributed by atoms with Gasteiger partial charge in [0.25, 0.3) is 0 Å². The average molecular weight is 574 g/mol. The molecule has 0 unspecified atom stereocenters. The van der Waals surface area contributed by atoms with Crippen LogP contribution in [0.2, 0.25) is 0 Å². The predicted molar refractivity (Wildman–Crippen MR) is 154 cm³/mol. The third kappa shape index (κ3) is 7.01. The van der Waals surface area contributed by atoms with Crippen LogP contribution in [0.15, 0.2) is 96.7 Å². The SMILES string of the molecule is C=CCOC(=O)Nc1cccc([C@H]2O[C@@H](CSc3nnnn3-c3ccccc3)[C@@H](C)[C@@H](c3ccc(CO)cc3)O2)c1. The highest BCUT2D eigenvalue weighted by molar-refractivity contribution is 7.99. The van der Waals surface area contributed by atoms with E-state index in [1.54, 1.807) is 10.7 Å². The molecule has 1 saturated heterocycles. The highest BCUT2D eigenvalue weighted by Crippen LogP contribution is 2.43. The fourth-order valence-electron chi connectivity index (χ4n) is 4.52. The number of nitrogens with one attached hydrogen (secondary N) is 1. The first-order chi connectivity index (χ1) is 20.1. The molecule has 4 atom stereocenters. The van der Waals surface area contributed by atoms with Crippen LogP contribution in [0.5, 0.6) is 0 Å². The molecular weight excluding hydrogens is 542 g/mol. The van der Waals surface area contributed by atoms with Crippen molar-refractivity contribution in [2.75, 3.05) is 17.7 Å². The van der Waals surface area contributed by atoms with Crippen molar-refractivity contribution in [3.05, 3.63) is 108 Å². The van der Waals surface area contributed by atoms with Crippen molar-refractivity contribution in [2.45, 2.75) is 37.2 Å². The van der Waals surface area contributed by atoms with Crippen LogP contribution < -0.4 is 5.32 Å². The maximum atomic E-state index is 12.1. The van der Waals surface area contributed by atoms with Gasteiger partial charge in [0, 0.05) is 22.9 Å². The summed E-state index contributed by atoms with van der Waals surface area (Å²) in [5, 5.41) is 25.2. The molecule has 212 valence electrons. The molecule has 1 aromatic heterocycles. The van der Waals surface area contributed by atoms with Crippen molar-refractivity contribution in [2.24, 2.45) is 5.92 Å². The molecule has 1 aliphatic rings. The van der Waals surface area contributed by atoms with E-state index in [1.807, 2.05) is 72.8 Å². The minimum atomic E-state index is -0.699. The van der Waals surface area contributed by atoms with Crippen LogP contribution in [0.4, 0.5) is 10.5 Å². The number of aromatic nitrogens is 4. The van der Waals surface area contributed by atoms with E-state index in [-0.39, 0.29) is 31.3 Å². The summed E-state index contributed by atoms with van der Waals surface area (Å²) < 4.78 is 19.8. The van der Waals surface area contributed by atoms with Crippen molar-refractivity contribution in [1.29, 1.82) is 0 Å². The Bertz CT molecular complexity index is 1450. The van der Waals surface area contributed by atoms with E-state index >= 15 is 0 Å². The van der Waals surface area contributed by atoms with Gasteiger partial charge in [-0.1, -0.05) is 85.9 Å². The van der Waals surface area contributed by atoms with Gasteiger partial charge in [0.05, 0.1) is 24.5 Å². The number of anilines is 1. The molecule has 0 spiro atoms. The number of hydrogen-bond donors (Lipinski definition) is 2. The Hall–Kier alpha value is -4.03. The number of nitrogens with zero attached hydrogens (tertiary/aromatic N) is 4. The Labute approximate surface area is 242 Å². The number of hydrogen-bond acceptors (Lipinski definition) is 9. The first-order valence-electron chi connectivity index (χ1n) is 13.2. The number of carbonyl (C=O) groups excluding carboxylic acids is 1. The van der Waals surface area contributed by atoms with Crippen LogP contribution in [-0.4, -0.2) is 49.9 Å². The summed E-state index contributed by atoms with van der Waals surface area (Å²) in [4.78, 5) is 12.1. The predicted octanol–water partition coefficient (Wildman–Crippen LogP) is 5.47. The zero-order valence-electron chi connectivity index (χ0n) is 22.5. The third-order valence-corrected chi connectivity index (χ3v) is 7.69. The van der Waals surface area contributed by atoms with Crippen LogP contribution in [0.1, 0.15) is 36.0 Å². The normalized spacial score (nSPS) is 20.3. The number of aliphatic hydroxyl groups is 1. The van der Waals surface area contributed by atoms with Crippen LogP contribution in [0.3, 0.4) is 0 Å². The third-order valence-electron chi connectivity index (χ3n) is 6.68. The fourth-order valence-corrected chi connectivity index (χ4v) is 5.57. The first-order valence-corrected chi connectivity index (χ1v) is 14.2. The molecule has 41 heavy (non-hydrogen) atoms. The van der Waals surface area contributed by atoms with Gasteiger partial charge in [-0.05, 0) is 45.8 Å². The summed E-state index contributed by atoms with van der Waals surface area (Å²) >= 11 is 1.51. The number of ether oxygens (including phenoxy) is 3. The zero-order chi connectivity index (χ0) is 28.6. The summed E-state index contributed by atoms with van der Waals surface area (Å²) in [5.41, 5.74) is 3.98. The van der Waals surface area contributed by atoms with Crippen LogP contribution >= 0.6 is 11.8 Å². The molecule has 0 radical (unpaired) electrons. The average Bonchev–Trinajstić information content (AvgIpc) is 3.49. The Kier molecular flexibility index (Phi) is 9.42. The Morgan fingerprint density at radius 2 is 1.90 bits per heavy atom. The van der Waals surface area contributed by atoms with Crippen molar-refractivity contribution in [3.63, 3.8) is 0 Å². The Morgan fingerprint density at radius 1 is 1.10 bits per heavy atom. The first kappa shape index (κ1) is 28.5. The van der Waals surface area contributed by atoms with Gasteiger partial charge < -0.3 is 19.3 Å². The monoisotopic (exact) mass is 573 g/mol. The quantitative estimate of drug-likeness (QED) is 0.188. The lowest BCUT2D eigenvalue weighted by atomic mass is 9.91. The van der Waals surface area contributed by atoms with Crippen molar-refractivity contribution in [1.82, 2.24) is 20.2 Å². The molecule has 2 N–H and O–H groups in total. The topological polar surface area (TPSA) is 121 Å². The van der Waals surface area contributed by atoms with E-state index < -0.39 is 12.4 Å². The summed E-state index contributed by atoms with van der Waals surface area (Å²) in [6, 6.07) is 24.8. The number of para-hydroxylation sites is 1. The standard InChI is InChI=1S/C30H31N5O5S/c1-3-16-38-30(37)31-24-9-7-8-23(17-24)28-39-26(20(2)27(40-28)22-14-12-21(18-36)13-15-22)19-41-29-32-33-34-35(29)25-10-5-4-6-11-25/h3-15,17,20,26-28,36H,1,16,18-19H2,2H3,(H,31,37)/t20-,26+,27+,28+/m1/s1. The Balaban J connectivity index is 1.38. The van der Waals surface area contributed by atoms with Crippen LogP contribution in [0.25, 0.3) is 5.69 Å². The number of amides is 1. The number of benzene rings is 3. The molecule has 10 nitrogen and oxygen atoms in total. The number of tetrazole rings is 1. The molecule has 1 fully saturated rings. The summed E-state index contributed by atoms with van der Waals surface area (Å²) in [7, 11) is 0. The van der Waals surface area contributed by atoms with Crippen LogP contribution in [-0.2, 0) is 20.8 Å². The van der Waals surface area contributed by atoms with Gasteiger partial charge in [-0.25, -0.2) is 4.79 Å². The van der Waals surface area contributed by atoms with E-state index in [0.717, 1.165) is 22.4 Å². The van der Waals surface area contributed by atoms with E-state index in [2.05, 4.69) is 34.3 Å². The minimum Gasteiger partial charge on any atom is -0.445 e. The maximum Gasteiger partial charge on any atom is 0.411 e. The number of thioether (sulfide) groups is 1. The lowest BCUT2D eigenvalue weighted by molar-refractivity contribution is -0.268. The highest BCUT2D eigenvalue weighted by Gasteiger charge is 2.38. The minimum absolute atomic E-state index is 0.0185. The van der Waals surface area contributed by atoms with Gasteiger partial charge in [0.15, 0.2) is 6.29 Å². The molecular formula is C30H31N5O5S. The summed E-state index contributed by atoms with van der Waals surface area (Å²) in [6.07, 6.45) is -0.281. The van der Waals surface area contributed by atoms with Gasteiger partial charge in [-0.15, -0.1) is 5.10 Å². The molecule has 0 aliphatic carbocycles. The van der Waals surface area contributed by atoms with Gasteiger partial charge in [-0.2, -0.15) is 4.68 Å². The summed E-state index contributed by atoms with van der Waals surface area (Å²) in [5.74, 6) is 0.556. The Morgan fingerprint density at radius 3 is 2.66 bits per heavy atom. The lowest BCUT2D eigenvalue weighted by Crippen LogP contribution is -2.38. The van der Waals surface area contributed by atoms with Gasteiger partial charge in [0.2, 0.25) is 5.16 Å². The second-order valence-corrected chi connectivity index (χ2v) is 10.5. The lowest BCUT2D eigenvalue weighted by Gasteiger charge is -2.41. The molecule has 0 bridgehead atoms. The van der Waals surface area contributed by atoms with Gasteiger partial charge >= 0.3 is 6.09 Å². The van der Waals surface area contributed by atoms with E-state index in [0.29, 0.717) is 16.6 Å². The van der Waals surface area contributed by atoms with Crippen molar-refractivity contribution < 1.29 is 24.1 Å². The van der Waals surface area contributed by atoms with E-state index in [9.17, 15) is 9.90 Å². The van der Waals surface area contributed by atoms with Crippen LogP contribution in [0, 0.1) is 5.92 Å². The van der Waals surface area contributed by atoms with Crippen molar-refractivity contribution >= 4 is 23.5 Å². The molecule has 3 aromatic carbocycles. The number of aliphatic hydroxyl groups excluding tert-OH is 1. The second kappa shape index (κ2) is 13.6. The molecule has 2 heterocycles. The number of carbonyl (C=O) groups is 1. The molecule has 11 heteroatoms. The number of rotatable bonds is 10. The smallest absolute Gasteiger partial charge is 0.411 e. The van der Waals surface area contributed by atoms with Gasteiger partial charge in [-0.3, -0.25) is 5.32 Å². The molecule has 1 amide bonds. The van der Waals surface area contributed by atoms with Crippen molar-refractivity contribution in [3.8, 4) is 5.69 Å².